The molecule has 0 fully saturated rings. The van der Waals surface area contributed by atoms with Crippen molar-refractivity contribution in [3.63, 3.8) is 0 Å². The summed E-state index contributed by atoms with van der Waals surface area (Å²) in [7, 11) is 0. The molecule has 0 saturated heterocycles. The Bertz CT molecular complexity index is 718. The summed E-state index contributed by atoms with van der Waals surface area (Å²) in [6.45, 7) is 6.67. The molecule has 0 bridgehead atoms. The van der Waals surface area contributed by atoms with Crippen molar-refractivity contribution in [2.45, 2.75) is 90.5 Å². The van der Waals surface area contributed by atoms with E-state index in [0.29, 0.717) is 11.8 Å². The minimum atomic E-state index is -0.141. The van der Waals surface area contributed by atoms with E-state index in [4.69, 9.17) is 0 Å². The van der Waals surface area contributed by atoms with Gasteiger partial charge in [0.05, 0.1) is 6.04 Å². The summed E-state index contributed by atoms with van der Waals surface area (Å²) in [4.78, 5) is 26.7. The van der Waals surface area contributed by atoms with Gasteiger partial charge < -0.3 is 0 Å². The fourth-order valence-corrected chi connectivity index (χ4v) is 5.04. The van der Waals surface area contributed by atoms with Gasteiger partial charge in [-0.2, -0.15) is 0 Å². The largest absolute Gasteiger partial charge is 0.269 e. The van der Waals surface area contributed by atoms with Crippen LogP contribution in [0.2, 0.25) is 0 Å². The molecule has 3 heteroatoms. The normalized spacial score (nSPS) is 23.7. The number of aryl methyl sites for hydroxylation is 1. The van der Waals surface area contributed by atoms with Gasteiger partial charge >= 0.3 is 0 Å². The first-order valence-electron chi connectivity index (χ1n) is 11.3. The third kappa shape index (κ3) is 4.09. The van der Waals surface area contributed by atoms with Crippen molar-refractivity contribution in [1.29, 1.82) is 0 Å². The highest BCUT2D eigenvalue weighted by Gasteiger charge is 2.46. The molecule has 0 radical (unpaired) electrons. The quantitative estimate of drug-likeness (QED) is 0.460. The Morgan fingerprint density at radius 3 is 2.11 bits per heavy atom. The van der Waals surface area contributed by atoms with E-state index in [9.17, 15) is 9.59 Å². The van der Waals surface area contributed by atoms with E-state index in [1.807, 2.05) is 0 Å². The average molecular weight is 382 g/mol. The topological polar surface area (TPSA) is 37.4 Å². The van der Waals surface area contributed by atoms with Gasteiger partial charge in [0.15, 0.2) is 0 Å². The van der Waals surface area contributed by atoms with E-state index in [0.717, 1.165) is 32.1 Å². The summed E-state index contributed by atoms with van der Waals surface area (Å²) < 4.78 is 0. The van der Waals surface area contributed by atoms with Crippen LogP contribution in [0.5, 0.6) is 0 Å². The zero-order chi connectivity index (χ0) is 20.1. The Morgan fingerprint density at radius 1 is 0.821 bits per heavy atom. The standard InChI is InChI=1S/C25H35NO2/c1-4-7-10-18-13-14-20-19(11-8-5-2)21(12-9-6-3)25(22(20)17-18)26-23(27)15-16-24(26)28/h13-17,19,21,25H,4-12H2,1-3H3/t19-,21+,25+/m1/s1. The van der Waals surface area contributed by atoms with Gasteiger partial charge in [-0.1, -0.05) is 71.1 Å². The molecular weight excluding hydrogens is 346 g/mol. The number of rotatable bonds is 10. The summed E-state index contributed by atoms with van der Waals surface area (Å²) in [5, 5.41) is 0. The van der Waals surface area contributed by atoms with Crippen LogP contribution in [0.15, 0.2) is 30.4 Å². The fourth-order valence-electron chi connectivity index (χ4n) is 5.04. The van der Waals surface area contributed by atoms with Gasteiger partial charge in [0.25, 0.3) is 11.8 Å². The second-order valence-electron chi connectivity index (χ2n) is 8.45. The Morgan fingerprint density at radius 2 is 1.46 bits per heavy atom. The fraction of sp³-hybridized carbons (Fsp3) is 0.600. The van der Waals surface area contributed by atoms with E-state index in [1.54, 1.807) is 4.90 Å². The van der Waals surface area contributed by atoms with Crippen LogP contribution < -0.4 is 0 Å². The summed E-state index contributed by atoms with van der Waals surface area (Å²) in [5.41, 5.74) is 3.96. The Hall–Kier alpha value is -1.90. The average Bonchev–Trinajstić information content (AvgIpc) is 3.18. The number of imide groups is 1. The van der Waals surface area contributed by atoms with Crippen molar-refractivity contribution in [1.82, 2.24) is 4.90 Å². The molecule has 28 heavy (non-hydrogen) atoms. The SMILES string of the molecule is CCCCc1ccc2c(c1)[C@@H](N1C(=O)C=CC1=O)[C@@H](CCCC)[C@@H]2CCCC. The first kappa shape index (κ1) is 20.8. The van der Waals surface area contributed by atoms with Gasteiger partial charge in [-0.25, -0.2) is 0 Å². The first-order valence-corrected chi connectivity index (χ1v) is 11.3. The number of amides is 2. The number of benzene rings is 1. The maximum atomic E-state index is 12.6. The van der Waals surface area contributed by atoms with E-state index < -0.39 is 0 Å². The zero-order valence-electron chi connectivity index (χ0n) is 17.7. The highest BCUT2D eigenvalue weighted by molar-refractivity contribution is 6.13. The molecule has 0 unspecified atom stereocenters. The predicted octanol–water partition coefficient (Wildman–Crippen LogP) is 6.09. The summed E-state index contributed by atoms with van der Waals surface area (Å²) in [5.74, 6) is 0.513. The number of nitrogens with zero attached hydrogens (tertiary/aromatic N) is 1. The number of hydrogen-bond acceptors (Lipinski definition) is 2. The van der Waals surface area contributed by atoms with E-state index in [1.165, 1.54) is 54.5 Å². The van der Waals surface area contributed by atoms with Gasteiger partial charge in [0.1, 0.15) is 0 Å². The second-order valence-corrected chi connectivity index (χ2v) is 8.45. The monoisotopic (exact) mass is 381 g/mol. The molecule has 0 spiro atoms. The molecule has 152 valence electrons. The number of carbonyl (C=O) groups excluding carboxylic acids is 2. The van der Waals surface area contributed by atoms with Gasteiger partial charge in [-0.05, 0) is 54.2 Å². The molecule has 2 amide bonds. The summed E-state index contributed by atoms with van der Waals surface area (Å²) in [6.07, 6.45) is 13.2. The van der Waals surface area contributed by atoms with Crippen LogP contribution in [0.1, 0.15) is 101 Å². The lowest BCUT2D eigenvalue weighted by atomic mass is 9.83. The first-order chi connectivity index (χ1) is 13.6. The van der Waals surface area contributed by atoms with Crippen molar-refractivity contribution >= 4 is 11.8 Å². The third-order valence-electron chi connectivity index (χ3n) is 6.49. The molecule has 1 aromatic carbocycles. The number of unbranched alkanes of at least 4 members (excludes halogenated alkanes) is 3. The van der Waals surface area contributed by atoms with Gasteiger partial charge in [-0.15, -0.1) is 0 Å². The number of fused-ring (bicyclic) bond motifs is 1. The molecule has 1 aliphatic carbocycles. The Balaban J connectivity index is 2.02. The Kier molecular flexibility index (Phi) is 7.09. The smallest absolute Gasteiger partial charge is 0.254 e. The molecule has 0 aromatic heterocycles. The lowest BCUT2D eigenvalue weighted by molar-refractivity contribution is -0.141. The van der Waals surface area contributed by atoms with Gasteiger partial charge in [-0.3, -0.25) is 14.5 Å². The molecule has 3 nitrogen and oxygen atoms in total. The minimum Gasteiger partial charge on any atom is -0.269 e. The van der Waals surface area contributed by atoms with E-state index in [2.05, 4.69) is 39.0 Å². The van der Waals surface area contributed by atoms with Crippen molar-refractivity contribution in [3.8, 4) is 0 Å². The highest BCUT2D eigenvalue weighted by atomic mass is 16.2. The summed E-state index contributed by atoms with van der Waals surface area (Å²) in [6, 6.07) is 6.79. The third-order valence-corrected chi connectivity index (χ3v) is 6.49. The van der Waals surface area contributed by atoms with Crippen LogP contribution >= 0.6 is 0 Å². The maximum absolute atomic E-state index is 12.6. The molecule has 3 rings (SSSR count). The van der Waals surface area contributed by atoms with Crippen molar-refractivity contribution in [2.24, 2.45) is 5.92 Å². The van der Waals surface area contributed by atoms with Crippen LogP contribution in [0.25, 0.3) is 0 Å². The molecule has 0 N–H and O–H groups in total. The minimum absolute atomic E-state index is 0.0972. The van der Waals surface area contributed by atoms with E-state index in [-0.39, 0.29) is 17.9 Å². The molecule has 1 aromatic rings. The molecule has 1 aliphatic heterocycles. The predicted molar refractivity (Wildman–Crippen MR) is 114 cm³/mol. The second kappa shape index (κ2) is 9.54. The van der Waals surface area contributed by atoms with Crippen LogP contribution in [-0.4, -0.2) is 16.7 Å². The van der Waals surface area contributed by atoms with Crippen molar-refractivity contribution < 1.29 is 9.59 Å². The molecule has 2 aliphatic rings. The highest BCUT2D eigenvalue weighted by Crippen LogP contribution is 2.53. The maximum Gasteiger partial charge on any atom is 0.254 e. The van der Waals surface area contributed by atoms with Gasteiger partial charge in [0.2, 0.25) is 0 Å². The molecular formula is C25H35NO2. The van der Waals surface area contributed by atoms with Crippen LogP contribution in [0, 0.1) is 5.92 Å². The van der Waals surface area contributed by atoms with E-state index >= 15 is 0 Å². The van der Waals surface area contributed by atoms with Crippen LogP contribution in [0.3, 0.4) is 0 Å². The van der Waals surface area contributed by atoms with Crippen molar-refractivity contribution in [2.75, 3.05) is 0 Å². The van der Waals surface area contributed by atoms with Crippen LogP contribution in [-0.2, 0) is 16.0 Å². The lowest BCUT2D eigenvalue weighted by Crippen LogP contribution is -2.37. The zero-order valence-corrected chi connectivity index (χ0v) is 17.7. The van der Waals surface area contributed by atoms with Gasteiger partial charge in [0, 0.05) is 12.2 Å². The Labute approximate surface area is 170 Å². The lowest BCUT2D eigenvalue weighted by Gasteiger charge is -2.31. The van der Waals surface area contributed by atoms with Crippen LogP contribution in [0.4, 0.5) is 0 Å². The number of carbonyl (C=O) groups is 2. The number of hydrogen-bond donors (Lipinski definition) is 0. The summed E-state index contributed by atoms with van der Waals surface area (Å²) >= 11 is 0. The molecule has 0 saturated carbocycles. The molecule has 3 atom stereocenters. The van der Waals surface area contributed by atoms with Crippen molar-refractivity contribution in [3.05, 3.63) is 47.0 Å². The molecule has 1 heterocycles.